The van der Waals surface area contributed by atoms with Gasteiger partial charge in [0.25, 0.3) is 0 Å². The minimum atomic E-state index is -0.155. The molecule has 0 saturated heterocycles. The van der Waals surface area contributed by atoms with Crippen LogP contribution in [0.5, 0.6) is 0 Å². The molecule has 2 unspecified atom stereocenters. The first-order valence-corrected chi connectivity index (χ1v) is 7.37. The second-order valence-electron chi connectivity index (χ2n) is 5.04. The number of alkyl halides is 1. The van der Waals surface area contributed by atoms with Crippen LogP contribution in [0.2, 0.25) is 0 Å². The first kappa shape index (κ1) is 14.2. The number of hydrogen-bond acceptors (Lipinski definition) is 2. The molecule has 2 nitrogen and oxygen atoms in total. The van der Waals surface area contributed by atoms with E-state index in [1.54, 1.807) is 0 Å². The van der Waals surface area contributed by atoms with Gasteiger partial charge in [0.1, 0.15) is 3.61 Å². The van der Waals surface area contributed by atoms with E-state index in [0.717, 1.165) is 12.8 Å². The normalized spacial score (nSPS) is 35.3. The molecule has 0 N–H and O–H groups in total. The minimum absolute atomic E-state index is 0.0910. The molecule has 88 valence electrons. The summed E-state index contributed by atoms with van der Waals surface area (Å²) in [6.45, 7) is 8.40. The fraction of sp³-hybridized carbons (Fsp3) is 0.909. The van der Waals surface area contributed by atoms with Gasteiger partial charge < -0.3 is 4.74 Å². The van der Waals surface area contributed by atoms with Crippen molar-refractivity contribution >= 4 is 49.0 Å². The summed E-state index contributed by atoms with van der Waals surface area (Å²) < 4.78 is 6.16. The first-order chi connectivity index (χ1) is 6.64. The van der Waals surface area contributed by atoms with Crippen molar-refractivity contribution in [2.24, 2.45) is 5.41 Å². The molecular weight excluding hydrogens is 418 g/mol. The van der Waals surface area contributed by atoms with Crippen LogP contribution in [0.3, 0.4) is 0 Å². The Morgan fingerprint density at radius 3 is 2.40 bits per heavy atom. The summed E-state index contributed by atoms with van der Waals surface area (Å²) in [6.07, 6.45) is 2.68. The van der Waals surface area contributed by atoms with Crippen molar-refractivity contribution in [1.82, 2.24) is 0 Å². The van der Waals surface area contributed by atoms with Gasteiger partial charge in [-0.3, -0.25) is 4.79 Å². The Labute approximate surface area is 119 Å². The number of rotatable bonds is 5. The predicted octanol–water partition coefficient (Wildman–Crippen LogP) is 4.08. The van der Waals surface area contributed by atoms with Crippen LogP contribution in [0.25, 0.3) is 0 Å². The van der Waals surface area contributed by atoms with Gasteiger partial charge in [0, 0.05) is 11.8 Å². The highest BCUT2D eigenvalue weighted by Crippen LogP contribution is 2.64. The molecule has 0 aliphatic heterocycles. The van der Waals surface area contributed by atoms with E-state index in [0.29, 0.717) is 6.42 Å². The summed E-state index contributed by atoms with van der Waals surface area (Å²) in [4.78, 5) is 11.2. The quantitative estimate of drug-likeness (QED) is 0.369. The Morgan fingerprint density at radius 1 is 1.53 bits per heavy atom. The summed E-state index contributed by atoms with van der Waals surface area (Å²) >= 11 is 4.19. The minimum Gasteiger partial charge on any atom is -0.358 e. The van der Waals surface area contributed by atoms with Crippen molar-refractivity contribution in [2.45, 2.75) is 56.2 Å². The van der Waals surface area contributed by atoms with Gasteiger partial charge in [0.05, 0.1) is 5.60 Å². The Hall–Kier alpha value is 1.09. The predicted molar refractivity (Wildman–Crippen MR) is 78.6 cm³/mol. The van der Waals surface area contributed by atoms with E-state index in [2.05, 4.69) is 50.3 Å². The van der Waals surface area contributed by atoms with Crippen molar-refractivity contribution in [3.63, 3.8) is 0 Å². The molecule has 1 aliphatic carbocycles. The Balaban J connectivity index is 2.71. The molecule has 0 aromatic carbocycles. The molecule has 1 rings (SSSR count). The number of carbonyl (C=O) groups is 1. The van der Waals surface area contributed by atoms with Crippen LogP contribution in [0.1, 0.15) is 47.0 Å². The molecule has 0 spiro atoms. The van der Waals surface area contributed by atoms with Crippen LogP contribution in [-0.4, -0.2) is 13.0 Å². The number of ether oxygens (including phenoxy) is 1. The van der Waals surface area contributed by atoms with Crippen LogP contribution in [0, 0.1) is 5.41 Å². The summed E-state index contributed by atoms with van der Waals surface area (Å²) in [5.41, 5.74) is -0.0129. The first-order valence-electron chi connectivity index (χ1n) is 5.22. The standard InChI is InChI=1S/C11H18I2O2/c1-5-11(6-8(12)14)7-10(11,4)15-9(2,3)13/h5-7H2,1-4H3. The van der Waals surface area contributed by atoms with Crippen LogP contribution >= 0.6 is 45.2 Å². The lowest BCUT2D eigenvalue weighted by Gasteiger charge is -2.28. The molecule has 2 atom stereocenters. The van der Waals surface area contributed by atoms with Gasteiger partial charge in [-0.2, -0.15) is 0 Å². The fourth-order valence-corrected chi connectivity index (χ4v) is 3.64. The zero-order valence-electron chi connectivity index (χ0n) is 9.69. The summed E-state index contributed by atoms with van der Waals surface area (Å²) in [6, 6.07) is 0. The highest BCUT2D eigenvalue weighted by atomic mass is 127. The van der Waals surface area contributed by atoms with Crippen molar-refractivity contribution in [3.8, 4) is 0 Å². The zero-order chi connectivity index (χ0) is 11.9. The van der Waals surface area contributed by atoms with E-state index >= 15 is 0 Å². The Bertz CT molecular complexity index is 272. The number of carbonyl (C=O) groups excluding carboxylic acids is 1. The molecule has 1 aliphatic rings. The third-order valence-electron chi connectivity index (χ3n) is 3.29. The van der Waals surface area contributed by atoms with Crippen molar-refractivity contribution < 1.29 is 9.53 Å². The summed E-state index contributed by atoms with van der Waals surface area (Å²) in [5.74, 6) is 0. The third-order valence-corrected chi connectivity index (χ3v) is 3.90. The van der Waals surface area contributed by atoms with Crippen LogP contribution < -0.4 is 0 Å². The molecular formula is C11H18I2O2. The lowest BCUT2D eigenvalue weighted by atomic mass is 9.95. The second-order valence-corrected chi connectivity index (χ2v) is 8.84. The zero-order valence-corrected chi connectivity index (χ0v) is 14.0. The number of hydrogen-bond donors (Lipinski definition) is 0. The molecule has 0 radical (unpaired) electrons. The molecule has 15 heavy (non-hydrogen) atoms. The maximum Gasteiger partial charge on any atom is 0.193 e. The average molecular weight is 436 g/mol. The highest BCUT2D eigenvalue weighted by Gasteiger charge is 2.65. The maximum atomic E-state index is 11.2. The van der Waals surface area contributed by atoms with Gasteiger partial charge in [-0.25, -0.2) is 0 Å². The maximum absolute atomic E-state index is 11.2. The average Bonchev–Trinajstić information content (AvgIpc) is 2.50. The van der Waals surface area contributed by atoms with Gasteiger partial charge in [0.15, 0.2) is 3.79 Å². The summed E-state index contributed by atoms with van der Waals surface area (Å²) in [5, 5.41) is 0. The van der Waals surface area contributed by atoms with E-state index in [1.807, 2.05) is 22.6 Å². The molecule has 4 heteroatoms. The van der Waals surface area contributed by atoms with Gasteiger partial charge >= 0.3 is 0 Å². The van der Waals surface area contributed by atoms with Gasteiger partial charge in [-0.1, -0.05) is 6.92 Å². The van der Waals surface area contributed by atoms with Crippen LogP contribution in [0.15, 0.2) is 0 Å². The lowest BCUT2D eigenvalue weighted by molar-refractivity contribution is -0.112. The van der Waals surface area contributed by atoms with E-state index < -0.39 is 0 Å². The van der Waals surface area contributed by atoms with E-state index in [-0.39, 0.29) is 18.4 Å². The Morgan fingerprint density at radius 2 is 2.07 bits per heavy atom. The molecule has 1 fully saturated rings. The smallest absolute Gasteiger partial charge is 0.193 e. The molecule has 0 aromatic heterocycles. The van der Waals surface area contributed by atoms with Crippen molar-refractivity contribution in [1.29, 1.82) is 0 Å². The van der Waals surface area contributed by atoms with Crippen molar-refractivity contribution in [2.75, 3.05) is 0 Å². The highest BCUT2D eigenvalue weighted by molar-refractivity contribution is 14.1. The third kappa shape index (κ3) is 3.28. The molecule has 0 heterocycles. The van der Waals surface area contributed by atoms with Gasteiger partial charge in [0.2, 0.25) is 0 Å². The van der Waals surface area contributed by atoms with E-state index in [4.69, 9.17) is 4.74 Å². The topological polar surface area (TPSA) is 26.3 Å². The fourth-order valence-electron chi connectivity index (χ4n) is 2.42. The lowest BCUT2D eigenvalue weighted by Crippen LogP contribution is -2.29. The van der Waals surface area contributed by atoms with Crippen LogP contribution in [0.4, 0.5) is 0 Å². The largest absolute Gasteiger partial charge is 0.358 e. The van der Waals surface area contributed by atoms with Crippen LogP contribution in [-0.2, 0) is 9.53 Å². The molecule has 0 amide bonds. The second kappa shape index (κ2) is 4.40. The number of halogens is 2. The van der Waals surface area contributed by atoms with Gasteiger partial charge in [-0.05, 0) is 78.8 Å². The van der Waals surface area contributed by atoms with Gasteiger partial charge in [-0.15, -0.1) is 0 Å². The monoisotopic (exact) mass is 436 g/mol. The molecule has 1 saturated carbocycles. The molecule has 0 aromatic rings. The van der Waals surface area contributed by atoms with E-state index in [1.165, 1.54) is 0 Å². The van der Waals surface area contributed by atoms with E-state index in [9.17, 15) is 4.79 Å². The molecule has 0 bridgehead atoms. The Kier molecular flexibility index (Phi) is 4.15. The summed E-state index contributed by atoms with van der Waals surface area (Å²) in [7, 11) is 0. The van der Waals surface area contributed by atoms with Crippen molar-refractivity contribution in [3.05, 3.63) is 0 Å². The SMILES string of the molecule is CCC1(CC(=O)I)CC1(C)OC(C)(C)I.